The van der Waals surface area contributed by atoms with E-state index in [0.29, 0.717) is 27.8 Å². The lowest BCUT2D eigenvalue weighted by Gasteiger charge is -2.06. The van der Waals surface area contributed by atoms with Crippen LogP contribution in [0.3, 0.4) is 0 Å². The van der Waals surface area contributed by atoms with Crippen LogP contribution < -0.4 is 15.8 Å². The summed E-state index contributed by atoms with van der Waals surface area (Å²) in [6.45, 7) is 0.177. The molecule has 10 nitrogen and oxygen atoms in total. The van der Waals surface area contributed by atoms with Crippen molar-refractivity contribution in [3.8, 4) is 17.5 Å². The van der Waals surface area contributed by atoms with Gasteiger partial charge in [0.15, 0.2) is 12.4 Å². The number of carbonyl (C=O) groups is 1. The van der Waals surface area contributed by atoms with Gasteiger partial charge in [-0.1, -0.05) is 16.8 Å². The van der Waals surface area contributed by atoms with E-state index in [-0.39, 0.29) is 36.3 Å². The average Bonchev–Trinajstić information content (AvgIpc) is 3.43. The van der Waals surface area contributed by atoms with Gasteiger partial charge in [0.1, 0.15) is 23.2 Å². The number of amides is 1. The maximum absolute atomic E-state index is 12.4. The summed E-state index contributed by atoms with van der Waals surface area (Å²) in [4.78, 5) is 16.6. The molecule has 4 aromatic rings. The van der Waals surface area contributed by atoms with Crippen LogP contribution in [0, 0.1) is 11.3 Å². The van der Waals surface area contributed by atoms with Crippen molar-refractivity contribution in [1.29, 1.82) is 5.26 Å². The van der Waals surface area contributed by atoms with Crippen molar-refractivity contribution in [2.24, 2.45) is 0 Å². The molecule has 0 aliphatic rings. The smallest absolute Gasteiger partial charge is 0.264 e. The number of carbonyl (C=O) groups excluding carboxylic acids is 1. The molecule has 0 fully saturated rings. The number of nitrogen functional groups attached to an aromatic ring is 1. The zero-order valence-corrected chi connectivity index (χ0v) is 17.3. The number of rotatable bonds is 7. The maximum atomic E-state index is 12.4. The molecule has 0 saturated carbocycles. The minimum atomic E-state index is -0.313. The van der Waals surface area contributed by atoms with Gasteiger partial charge in [-0.15, -0.1) is 0 Å². The Morgan fingerprint density at radius 1 is 1.22 bits per heavy atom. The van der Waals surface area contributed by atoms with Gasteiger partial charge in [-0.3, -0.25) is 4.79 Å². The summed E-state index contributed by atoms with van der Waals surface area (Å²) in [5, 5.41) is 20.2. The molecule has 11 heteroatoms. The second kappa shape index (κ2) is 9.20. The number of aromatic nitrogens is 4. The molecule has 2 heterocycles. The molecular formula is C21H16ClN7O3. The van der Waals surface area contributed by atoms with Crippen LogP contribution in [0.5, 0.6) is 5.75 Å². The van der Waals surface area contributed by atoms with Crippen LogP contribution in [-0.4, -0.2) is 25.8 Å². The van der Waals surface area contributed by atoms with E-state index in [1.807, 2.05) is 6.07 Å². The highest BCUT2D eigenvalue weighted by atomic mass is 35.5. The van der Waals surface area contributed by atoms with E-state index in [4.69, 9.17) is 31.9 Å². The van der Waals surface area contributed by atoms with Crippen LogP contribution in [0.1, 0.15) is 27.6 Å². The van der Waals surface area contributed by atoms with Crippen molar-refractivity contribution in [2.75, 3.05) is 5.73 Å². The SMILES string of the molecule is N#Cc1cnn(-c2ccc(C(=O)NCc3noc(COc4ccc(Cl)cc4)n3)cc2)c1N. The topological polar surface area (TPSA) is 145 Å². The fourth-order valence-electron chi connectivity index (χ4n) is 2.76. The van der Waals surface area contributed by atoms with Crippen LogP contribution in [-0.2, 0) is 13.2 Å². The zero-order valence-electron chi connectivity index (χ0n) is 16.5. The number of nitriles is 1. The number of nitrogens with zero attached hydrogens (tertiary/aromatic N) is 5. The number of hydrogen-bond acceptors (Lipinski definition) is 8. The summed E-state index contributed by atoms with van der Waals surface area (Å²) in [7, 11) is 0. The Bertz CT molecular complexity index is 1270. The van der Waals surface area contributed by atoms with E-state index < -0.39 is 0 Å². The molecule has 0 unspecified atom stereocenters. The highest BCUT2D eigenvalue weighted by Crippen LogP contribution is 2.18. The third-order valence-corrected chi connectivity index (χ3v) is 4.65. The lowest BCUT2D eigenvalue weighted by molar-refractivity contribution is 0.0949. The number of anilines is 1. The first-order chi connectivity index (χ1) is 15.5. The normalized spacial score (nSPS) is 10.5. The highest BCUT2D eigenvalue weighted by Gasteiger charge is 2.12. The monoisotopic (exact) mass is 449 g/mol. The Morgan fingerprint density at radius 3 is 2.66 bits per heavy atom. The second-order valence-corrected chi connectivity index (χ2v) is 6.98. The first kappa shape index (κ1) is 20.9. The van der Waals surface area contributed by atoms with Gasteiger partial charge in [0.25, 0.3) is 11.8 Å². The predicted octanol–water partition coefficient (Wildman–Crippen LogP) is 2.87. The largest absolute Gasteiger partial charge is 0.484 e. The van der Waals surface area contributed by atoms with Gasteiger partial charge < -0.3 is 20.3 Å². The molecule has 32 heavy (non-hydrogen) atoms. The van der Waals surface area contributed by atoms with Gasteiger partial charge in [-0.05, 0) is 48.5 Å². The van der Waals surface area contributed by atoms with Gasteiger partial charge in [-0.2, -0.15) is 15.3 Å². The molecule has 160 valence electrons. The second-order valence-electron chi connectivity index (χ2n) is 6.54. The van der Waals surface area contributed by atoms with Gasteiger partial charge in [-0.25, -0.2) is 4.68 Å². The lowest BCUT2D eigenvalue weighted by Crippen LogP contribution is -2.23. The number of benzene rings is 2. The highest BCUT2D eigenvalue weighted by molar-refractivity contribution is 6.30. The van der Waals surface area contributed by atoms with Crippen LogP contribution in [0.25, 0.3) is 5.69 Å². The van der Waals surface area contributed by atoms with Gasteiger partial charge in [0.2, 0.25) is 0 Å². The van der Waals surface area contributed by atoms with Crippen molar-refractivity contribution >= 4 is 23.3 Å². The Labute approximate surface area is 187 Å². The summed E-state index contributed by atoms with van der Waals surface area (Å²) in [5.74, 6) is 1.14. The fraction of sp³-hybridized carbons (Fsp3) is 0.0952. The molecule has 3 N–H and O–H groups in total. The van der Waals surface area contributed by atoms with Crippen LogP contribution in [0.15, 0.2) is 59.3 Å². The van der Waals surface area contributed by atoms with E-state index in [9.17, 15) is 4.79 Å². The molecule has 0 atom stereocenters. The lowest BCUT2D eigenvalue weighted by atomic mass is 10.2. The molecule has 4 rings (SSSR count). The Kier molecular flexibility index (Phi) is 6.00. The van der Waals surface area contributed by atoms with Crippen LogP contribution >= 0.6 is 11.6 Å². The third kappa shape index (κ3) is 4.69. The summed E-state index contributed by atoms with van der Waals surface area (Å²) >= 11 is 5.83. The van der Waals surface area contributed by atoms with Crippen molar-refractivity contribution in [3.05, 3.63) is 82.6 Å². The minimum Gasteiger partial charge on any atom is -0.484 e. The summed E-state index contributed by atoms with van der Waals surface area (Å²) in [6, 6.07) is 15.5. The Hall–Kier alpha value is -4.36. The summed E-state index contributed by atoms with van der Waals surface area (Å²) in [5.41, 5.74) is 7.22. The van der Waals surface area contributed by atoms with Crippen LogP contribution in [0.4, 0.5) is 5.82 Å². The molecule has 2 aromatic heterocycles. The number of ether oxygens (including phenoxy) is 1. The standard InChI is InChI=1S/C21H16ClN7O3/c22-15-3-7-17(8-4-15)31-12-19-27-18(28-32-19)11-25-21(30)13-1-5-16(6-2-13)29-20(24)14(9-23)10-26-29/h1-8,10H,11-12,24H2,(H,25,30). The van der Waals surface area contributed by atoms with E-state index in [2.05, 4.69) is 20.6 Å². The Morgan fingerprint density at radius 2 is 1.97 bits per heavy atom. The number of nitrogens with one attached hydrogen (secondary N) is 1. The first-order valence-electron chi connectivity index (χ1n) is 9.35. The van der Waals surface area contributed by atoms with Crippen molar-refractivity contribution in [3.63, 3.8) is 0 Å². The number of hydrogen-bond donors (Lipinski definition) is 2. The maximum Gasteiger partial charge on any atom is 0.264 e. The quantitative estimate of drug-likeness (QED) is 0.438. The zero-order chi connectivity index (χ0) is 22.5. The van der Waals surface area contributed by atoms with Crippen LogP contribution in [0.2, 0.25) is 5.02 Å². The molecule has 0 saturated heterocycles. The van der Waals surface area contributed by atoms with E-state index in [1.165, 1.54) is 10.9 Å². The molecule has 0 radical (unpaired) electrons. The number of nitrogens with two attached hydrogens (primary N) is 1. The van der Waals surface area contributed by atoms with Gasteiger partial charge in [0.05, 0.1) is 18.4 Å². The van der Waals surface area contributed by atoms with E-state index >= 15 is 0 Å². The summed E-state index contributed by atoms with van der Waals surface area (Å²) in [6.07, 6.45) is 1.38. The summed E-state index contributed by atoms with van der Waals surface area (Å²) < 4.78 is 12.1. The van der Waals surface area contributed by atoms with Gasteiger partial charge in [0, 0.05) is 10.6 Å². The van der Waals surface area contributed by atoms with Crippen molar-refractivity contribution in [1.82, 2.24) is 25.2 Å². The molecular weight excluding hydrogens is 434 g/mol. The first-order valence-corrected chi connectivity index (χ1v) is 9.73. The van der Waals surface area contributed by atoms with Crippen molar-refractivity contribution in [2.45, 2.75) is 13.2 Å². The fourth-order valence-corrected chi connectivity index (χ4v) is 2.89. The molecule has 0 aliphatic heterocycles. The molecule has 0 spiro atoms. The average molecular weight is 450 g/mol. The predicted molar refractivity (Wildman–Crippen MR) is 114 cm³/mol. The molecule has 1 amide bonds. The van der Waals surface area contributed by atoms with Gasteiger partial charge >= 0.3 is 0 Å². The van der Waals surface area contributed by atoms with E-state index in [0.717, 1.165) is 0 Å². The van der Waals surface area contributed by atoms with Crippen molar-refractivity contribution < 1.29 is 14.1 Å². The number of halogens is 1. The molecule has 0 aliphatic carbocycles. The third-order valence-electron chi connectivity index (χ3n) is 4.39. The minimum absolute atomic E-state index is 0.0860. The van der Waals surface area contributed by atoms with E-state index in [1.54, 1.807) is 48.5 Å². The molecule has 2 aromatic carbocycles. The Balaban J connectivity index is 1.31. The molecule has 0 bridgehead atoms.